The molecule has 0 aromatic carbocycles. The van der Waals surface area contributed by atoms with E-state index in [4.69, 9.17) is 0 Å². The van der Waals surface area contributed by atoms with Crippen molar-refractivity contribution in [1.29, 1.82) is 0 Å². The molecule has 1 aliphatic rings. The van der Waals surface area contributed by atoms with Gasteiger partial charge in [-0.3, -0.25) is 4.79 Å². The van der Waals surface area contributed by atoms with Crippen LogP contribution in [-0.4, -0.2) is 44.3 Å². The fourth-order valence-corrected chi connectivity index (χ4v) is 2.49. The van der Waals surface area contributed by atoms with Gasteiger partial charge in [-0.05, 0) is 32.9 Å². The Balaban J connectivity index is 2.38. The van der Waals surface area contributed by atoms with Crippen molar-refractivity contribution in [2.24, 2.45) is 11.8 Å². The van der Waals surface area contributed by atoms with Crippen molar-refractivity contribution in [3.05, 3.63) is 0 Å². The molecule has 0 spiro atoms. The lowest BCUT2D eigenvalue weighted by Crippen LogP contribution is -2.39. The summed E-state index contributed by atoms with van der Waals surface area (Å²) >= 11 is 0. The largest absolute Gasteiger partial charge is 0.355 e. The van der Waals surface area contributed by atoms with Crippen LogP contribution in [0.25, 0.3) is 0 Å². The maximum atomic E-state index is 12.0. The lowest BCUT2D eigenvalue weighted by Gasteiger charge is -2.29. The minimum absolute atomic E-state index is 0.0520. The summed E-state index contributed by atoms with van der Waals surface area (Å²) in [5.41, 5.74) is 0. The summed E-state index contributed by atoms with van der Waals surface area (Å²) in [6.45, 7) is 1.55. The first kappa shape index (κ1) is 14.2. The predicted molar refractivity (Wildman–Crippen MR) is 67.7 cm³/mol. The summed E-state index contributed by atoms with van der Waals surface area (Å²) in [5, 5.41) is 2.98. The van der Waals surface area contributed by atoms with Crippen LogP contribution in [0.15, 0.2) is 0 Å². The zero-order chi connectivity index (χ0) is 12.7. The molecular formula is C13H24N2O2. The van der Waals surface area contributed by atoms with Crippen LogP contribution < -0.4 is 5.32 Å². The number of carbonyl (C=O) groups excluding carboxylic acids is 2. The van der Waals surface area contributed by atoms with Crippen LogP contribution in [0.4, 0.5) is 0 Å². The highest BCUT2D eigenvalue weighted by Gasteiger charge is 2.30. The Morgan fingerprint density at radius 2 is 2.06 bits per heavy atom. The van der Waals surface area contributed by atoms with E-state index in [1.54, 1.807) is 0 Å². The van der Waals surface area contributed by atoms with Crippen LogP contribution in [0.3, 0.4) is 0 Å². The van der Waals surface area contributed by atoms with Crippen LogP contribution >= 0.6 is 0 Å². The minimum atomic E-state index is 0.0520. The lowest BCUT2D eigenvalue weighted by molar-refractivity contribution is -0.128. The number of amides is 1. The van der Waals surface area contributed by atoms with Crippen molar-refractivity contribution in [1.82, 2.24) is 10.2 Å². The molecule has 1 amide bonds. The van der Waals surface area contributed by atoms with Gasteiger partial charge in [-0.15, -0.1) is 0 Å². The van der Waals surface area contributed by atoms with Crippen LogP contribution in [0, 0.1) is 11.8 Å². The molecule has 0 saturated heterocycles. The van der Waals surface area contributed by atoms with E-state index in [1.165, 1.54) is 0 Å². The van der Waals surface area contributed by atoms with E-state index in [2.05, 4.69) is 5.32 Å². The maximum absolute atomic E-state index is 12.0. The third kappa shape index (κ3) is 4.86. The monoisotopic (exact) mass is 240 g/mol. The van der Waals surface area contributed by atoms with E-state index in [0.717, 1.165) is 38.5 Å². The number of likely N-dealkylation sites (N-methyl/N-ethyl adjacent to an activating group) is 1. The van der Waals surface area contributed by atoms with Gasteiger partial charge in [0.05, 0.1) is 0 Å². The highest BCUT2D eigenvalue weighted by Crippen LogP contribution is 2.31. The molecule has 4 nitrogen and oxygen atoms in total. The first-order valence-corrected chi connectivity index (χ1v) is 6.51. The van der Waals surface area contributed by atoms with Gasteiger partial charge in [-0.25, -0.2) is 0 Å². The molecule has 1 saturated carbocycles. The number of nitrogens with one attached hydrogen (secondary N) is 1. The second kappa shape index (κ2) is 7.43. The van der Waals surface area contributed by atoms with Crippen molar-refractivity contribution in [2.45, 2.75) is 32.1 Å². The predicted octanol–water partition coefficient (Wildman–Crippen LogP) is 1.06. The average molecular weight is 240 g/mol. The number of hydrogen-bond donors (Lipinski definition) is 1. The molecule has 0 aromatic rings. The van der Waals surface area contributed by atoms with Crippen LogP contribution in [0.5, 0.6) is 0 Å². The molecule has 17 heavy (non-hydrogen) atoms. The van der Waals surface area contributed by atoms with Crippen molar-refractivity contribution in [3.8, 4) is 0 Å². The molecule has 1 rings (SSSR count). The van der Waals surface area contributed by atoms with E-state index in [1.807, 2.05) is 19.0 Å². The fraction of sp³-hybridized carbons (Fsp3) is 0.846. The molecule has 98 valence electrons. The second-order valence-corrected chi connectivity index (χ2v) is 5.15. The summed E-state index contributed by atoms with van der Waals surface area (Å²) < 4.78 is 0. The van der Waals surface area contributed by atoms with Gasteiger partial charge in [0.25, 0.3) is 0 Å². The number of carbonyl (C=O) groups is 2. The number of nitrogens with zero attached hydrogens (tertiary/aromatic N) is 1. The summed E-state index contributed by atoms with van der Waals surface area (Å²) in [5.74, 6) is 0.454. The Hall–Kier alpha value is -0.900. The number of hydrogen-bond acceptors (Lipinski definition) is 3. The zero-order valence-corrected chi connectivity index (χ0v) is 10.9. The molecule has 0 heterocycles. The Morgan fingerprint density at radius 3 is 2.71 bits per heavy atom. The van der Waals surface area contributed by atoms with Crippen molar-refractivity contribution in [2.75, 3.05) is 27.2 Å². The molecule has 0 radical (unpaired) electrons. The summed E-state index contributed by atoms with van der Waals surface area (Å²) in [6, 6.07) is 0. The maximum Gasteiger partial charge on any atom is 0.223 e. The minimum Gasteiger partial charge on any atom is -0.355 e. The first-order chi connectivity index (χ1) is 8.15. The van der Waals surface area contributed by atoms with E-state index < -0.39 is 0 Å². The standard InChI is InChI=1S/C13H24N2O2/c1-15(2)9-8-14-13(17)12-6-4-3-5-11(12)7-10-16/h10-12H,3-9H2,1-2H3,(H,14,17)/t11-,12-/m1/s1. The molecule has 0 aliphatic heterocycles. The summed E-state index contributed by atoms with van der Waals surface area (Å²) in [7, 11) is 3.98. The lowest BCUT2D eigenvalue weighted by atomic mass is 9.77. The topological polar surface area (TPSA) is 49.4 Å². The van der Waals surface area contributed by atoms with Gasteiger partial charge in [0.2, 0.25) is 5.91 Å². The SMILES string of the molecule is CN(C)CCNC(=O)[C@@H]1CCCC[C@@H]1CC=O. The van der Waals surface area contributed by atoms with E-state index in [9.17, 15) is 9.59 Å². The number of aldehydes is 1. The van der Waals surface area contributed by atoms with Gasteiger partial charge in [-0.1, -0.05) is 12.8 Å². The highest BCUT2D eigenvalue weighted by molar-refractivity contribution is 5.79. The highest BCUT2D eigenvalue weighted by atomic mass is 16.2. The third-order valence-corrected chi connectivity index (χ3v) is 3.50. The average Bonchev–Trinajstić information content (AvgIpc) is 2.29. The van der Waals surface area contributed by atoms with E-state index in [0.29, 0.717) is 13.0 Å². The quantitative estimate of drug-likeness (QED) is 0.706. The molecule has 0 unspecified atom stereocenters. The molecule has 0 aromatic heterocycles. The van der Waals surface area contributed by atoms with Gasteiger partial charge < -0.3 is 15.0 Å². The van der Waals surface area contributed by atoms with Crippen molar-refractivity contribution < 1.29 is 9.59 Å². The summed E-state index contributed by atoms with van der Waals surface area (Å²) in [6.07, 6.45) is 5.71. The first-order valence-electron chi connectivity index (χ1n) is 6.51. The Morgan fingerprint density at radius 1 is 1.35 bits per heavy atom. The van der Waals surface area contributed by atoms with Crippen molar-refractivity contribution >= 4 is 12.2 Å². The normalized spacial score (nSPS) is 24.6. The van der Waals surface area contributed by atoms with Gasteiger partial charge in [-0.2, -0.15) is 0 Å². The smallest absolute Gasteiger partial charge is 0.223 e. The molecule has 1 aliphatic carbocycles. The Bertz CT molecular complexity index is 254. The van der Waals surface area contributed by atoms with Crippen molar-refractivity contribution in [3.63, 3.8) is 0 Å². The Kier molecular flexibility index (Phi) is 6.19. The fourth-order valence-electron chi connectivity index (χ4n) is 2.49. The van der Waals surface area contributed by atoms with Gasteiger partial charge in [0.15, 0.2) is 0 Å². The second-order valence-electron chi connectivity index (χ2n) is 5.15. The third-order valence-electron chi connectivity index (χ3n) is 3.50. The molecule has 2 atom stereocenters. The van der Waals surface area contributed by atoms with Gasteiger partial charge in [0.1, 0.15) is 6.29 Å². The summed E-state index contributed by atoms with van der Waals surface area (Å²) in [4.78, 5) is 24.7. The zero-order valence-electron chi connectivity index (χ0n) is 10.9. The van der Waals surface area contributed by atoms with Crippen LogP contribution in [0.2, 0.25) is 0 Å². The van der Waals surface area contributed by atoms with E-state index >= 15 is 0 Å². The van der Waals surface area contributed by atoms with Crippen LogP contribution in [0.1, 0.15) is 32.1 Å². The molecule has 1 N–H and O–H groups in total. The number of rotatable bonds is 6. The van der Waals surface area contributed by atoms with Gasteiger partial charge in [0, 0.05) is 25.4 Å². The molecular weight excluding hydrogens is 216 g/mol. The Labute approximate surface area is 104 Å². The molecule has 4 heteroatoms. The van der Waals surface area contributed by atoms with Gasteiger partial charge >= 0.3 is 0 Å². The van der Waals surface area contributed by atoms with Crippen LogP contribution in [-0.2, 0) is 9.59 Å². The molecule has 1 fully saturated rings. The van der Waals surface area contributed by atoms with E-state index in [-0.39, 0.29) is 17.7 Å². The molecule has 0 bridgehead atoms.